The summed E-state index contributed by atoms with van der Waals surface area (Å²) in [5, 5.41) is 19.8. The number of alkyl halides is 1. The van der Waals surface area contributed by atoms with E-state index >= 15 is 0 Å². The van der Waals surface area contributed by atoms with Gasteiger partial charge in [0.2, 0.25) is 0 Å². The maximum atomic E-state index is 11.1. The Morgan fingerprint density at radius 2 is 1.51 bits per heavy atom. The molecule has 5 heteroatoms. The Balaban J connectivity index is 1.90. The van der Waals surface area contributed by atoms with E-state index in [1.54, 1.807) is 24.3 Å². The summed E-state index contributed by atoms with van der Waals surface area (Å²) in [7, 11) is 0. The molecule has 3 rings (SSSR count). The maximum Gasteiger partial charge on any atom is 0.335 e. The van der Waals surface area contributed by atoms with Gasteiger partial charge in [0.15, 0.2) is 0 Å². The number of aromatic carboxylic acids is 1. The summed E-state index contributed by atoms with van der Waals surface area (Å²) in [5.41, 5.74) is 6.19. The van der Waals surface area contributed by atoms with Crippen LogP contribution in [0.5, 0.6) is 5.75 Å². The SMILES string of the molecule is CCC(O)(C=Cc1ccc(C(CC)(c2ccc(OCc3ccc(C(=O)O)cc3)c(C)c2)C(C)I)cc1C)CC. The molecule has 0 saturated carbocycles. The lowest BCUT2D eigenvalue weighted by molar-refractivity contribution is 0.0696. The number of ether oxygens (including phenoxy) is 1. The minimum Gasteiger partial charge on any atom is -0.489 e. The van der Waals surface area contributed by atoms with Crippen LogP contribution in [0.15, 0.2) is 66.7 Å². The second-order valence-electron chi connectivity index (χ2n) is 10.4. The van der Waals surface area contributed by atoms with Crippen LogP contribution in [0.3, 0.4) is 0 Å². The molecule has 0 aromatic heterocycles. The molecule has 2 atom stereocenters. The fraction of sp³-hybridized carbons (Fsp3) is 0.382. The van der Waals surface area contributed by atoms with Crippen molar-refractivity contribution in [1.29, 1.82) is 0 Å². The van der Waals surface area contributed by atoms with Crippen LogP contribution in [0.25, 0.3) is 6.08 Å². The molecule has 0 radical (unpaired) electrons. The lowest BCUT2D eigenvalue weighted by Crippen LogP contribution is -2.35. The number of rotatable bonds is 12. The molecule has 0 aliphatic carbocycles. The number of carbonyl (C=O) groups is 1. The predicted molar refractivity (Wildman–Crippen MR) is 169 cm³/mol. The van der Waals surface area contributed by atoms with E-state index in [4.69, 9.17) is 9.84 Å². The molecular weight excluding hydrogens is 599 g/mol. The summed E-state index contributed by atoms with van der Waals surface area (Å²) in [6, 6.07) is 20.0. The molecule has 0 amide bonds. The van der Waals surface area contributed by atoms with Crippen molar-refractivity contribution in [3.63, 3.8) is 0 Å². The number of carboxylic acid groups (broad SMARTS) is 1. The van der Waals surface area contributed by atoms with Gasteiger partial charge < -0.3 is 14.9 Å². The lowest BCUT2D eigenvalue weighted by Gasteiger charge is -2.38. The minimum absolute atomic E-state index is 0.170. The summed E-state index contributed by atoms with van der Waals surface area (Å²) in [4.78, 5) is 11.1. The molecule has 4 nitrogen and oxygen atoms in total. The van der Waals surface area contributed by atoms with Crippen molar-refractivity contribution in [2.24, 2.45) is 0 Å². The molecule has 0 fully saturated rings. The van der Waals surface area contributed by atoms with Gasteiger partial charge in [0.25, 0.3) is 0 Å². The van der Waals surface area contributed by atoms with Crippen LogP contribution in [-0.4, -0.2) is 25.7 Å². The van der Waals surface area contributed by atoms with E-state index in [2.05, 4.69) is 92.8 Å². The zero-order valence-electron chi connectivity index (χ0n) is 23.9. The van der Waals surface area contributed by atoms with Gasteiger partial charge in [-0.05, 0) is 84.7 Å². The zero-order valence-corrected chi connectivity index (χ0v) is 26.1. The molecule has 2 unspecified atom stereocenters. The summed E-state index contributed by atoms with van der Waals surface area (Å²) < 4.78 is 6.46. The first-order valence-electron chi connectivity index (χ1n) is 13.7. The third-order valence-corrected chi connectivity index (χ3v) is 9.17. The maximum absolute atomic E-state index is 11.1. The number of hydrogen-bond donors (Lipinski definition) is 2. The molecule has 0 bridgehead atoms. The summed E-state index contributed by atoms with van der Waals surface area (Å²) in [5.74, 6) is -0.109. The van der Waals surface area contributed by atoms with Crippen LogP contribution in [-0.2, 0) is 12.0 Å². The van der Waals surface area contributed by atoms with E-state index in [0.29, 0.717) is 23.4 Å². The first-order chi connectivity index (χ1) is 18.5. The van der Waals surface area contributed by atoms with Crippen LogP contribution in [0.2, 0.25) is 0 Å². The van der Waals surface area contributed by atoms with Crippen molar-refractivity contribution < 1.29 is 19.7 Å². The van der Waals surface area contributed by atoms with Gasteiger partial charge in [-0.1, -0.05) is 105 Å². The van der Waals surface area contributed by atoms with Crippen molar-refractivity contribution in [3.8, 4) is 5.75 Å². The smallest absolute Gasteiger partial charge is 0.335 e. The Morgan fingerprint density at radius 3 is 2.00 bits per heavy atom. The molecule has 208 valence electrons. The van der Waals surface area contributed by atoms with Gasteiger partial charge in [0, 0.05) is 9.34 Å². The molecule has 3 aromatic carbocycles. The van der Waals surface area contributed by atoms with Gasteiger partial charge in [-0.25, -0.2) is 4.79 Å². The van der Waals surface area contributed by atoms with E-state index in [1.165, 1.54) is 16.7 Å². The highest BCUT2D eigenvalue weighted by molar-refractivity contribution is 14.1. The Hall–Kier alpha value is -2.64. The monoisotopic (exact) mass is 640 g/mol. The Bertz CT molecular complexity index is 1310. The molecule has 0 saturated heterocycles. The standard InChI is InChI=1S/C34H41IO4/c1-7-33(38,8-2)19-18-27-14-15-29(20-23(27)4)34(9-3,25(6)35)30-16-17-31(24(5)21-30)39-22-26-10-12-28(13-11-26)32(36)37/h10-21,25,38H,7-9,22H2,1-6H3,(H,36,37). The van der Waals surface area contributed by atoms with E-state index < -0.39 is 11.6 Å². The van der Waals surface area contributed by atoms with Crippen molar-refractivity contribution >= 4 is 34.6 Å². The molecule has 3 aromatic rings. The van der Waals surface area contributed by atoms with Crippen molar-refractivity contribution in [1.82, 2.24) is 0 Å². The van der Waals surface area contributed by atoms with E-state index in [-0.39, 0.29) is 11.0 Å². The Kier molecular flexibility index (Phi) is 10.4. The fourth-order valence-corrected chi connectivity index (χ4v) is 6.34. The lowest BCUT2D eigenvalue weighted by atomic mass is 9.69. The highest BCUT2D eigenvalue weighted by Crippen LogP contribution is 2.44. The molecular formula is C34H41IO4. The van der Waals surface area contributed by atoms with Crippen LogP contribution in [0.1, 0.15) is 90.7 Å². The quantitative estimate of drug-likeness (QED) is 0.154. The average Bonchev–Trinajstić information content (AvgIpc) is 2.92. The van der Waals surface area contributed by atoms with Crippen LogP contribution >= 0.6 is 22.6 Å². The highest BCUT2D eigenvalue weighted by Gasteiger charge is 2.37. The third kappa shape index (κ3) is 6.93. The van der Waals surface area contributed by atoms with Gasteiger partial charge in [0.1, 0.15) is 12.4 Å². The van der Waals surface area contributed by atoms with Gasteiger partial charge in [-0.2, -0.15) is 0 Å². The van der Waals surface area contributed by atoms with Crippen LogP contribution in [0.4, 0.5) is 0 Å². The van der Waals surface area contributed by atoms with Crippen LogP contribution < -0.4 is 4.74 Å². The molecule has 0 heterocycles. The number of aliphatic hydroxyl groups is 1. The van der Waals surface area contributed by atoms with Crippen LogP contribution in [0, 0.1) is 13.8 Å². The first kappa shape index (κ1) is 30.9. The van der Waals surface area contributed by atoms with Crippen molar-refractivity contribution in [2.75, 3.05) is 0 Å². The average molecular weight is 641 g/mol. The topological polar surface area (TPSA) is 66.8 Å². The van der Waals surface area contributed by atoms with Gasteiger partial charge in [-0.3, -0.25) is 0 Å². The molecule has 0 aliphatic rings. The third-order valence-electron chi connectivity index (χ3n) is 8.10. The Labute approximate surface area is 247 Å². The van der Waals surface area contributed by atoms with Gasteiger partial charge in [-0.15, -0.1) is 0 Å². The molecule has 39 heavy (non-hydrogen) atoms. The van der Waals surface area contributed by atoms with Crippen molar-refractivity contribution in [2.45, 2.75) is 82.4 Å². The minimum atomic E-state index is -0.931. The second kappa shape index (κ2) is 13.1. The van der Waals surface area contributed by atoms with E-state index in [9.17, 15) is 9.90 Å². The number of benzene rings is 3. The predicted octanol–water partition coefficient (Wildman–Crippen LogP) is 8.66. The molecule has 0 aliphatic heterocycles. The van der Waals surface area contributed by atoms with E-state index in [0.717, 1.165) is 28.9 Å². The number of halogens is 1. The van der Waals surface area contributed by atoms with Crippen molar-refractivity contribution in [3.05, 3.63) is 106 Å². The highest BCUT2D eigenvalue weighted by atomic mass is 127. The Morgan fingerprint density at radius 1 is 0.923 bits per heavy atom. The number of aryl methyl sites for hydroxylation is 2. The normalized spacial score (nSPS) is 14.3. The van der Waals surface area contributed by atoms with Gasteiger partial charge in [0.05, 0.1) is 11.2 Å². The molecule has 0 spiro atoms. The number of hydrogen-bond acceptors (Lipinski definition) is 3. The summed E-state index contributed by atoms with van der Waals surface area (Å²) >= 11 is 2.55. The first-order valence-corrected chi connectivity index (χ1v) is 15.0. The van der Waals surface area contributed by atoms with Gasteiger partial charge >= 0.3 is 5.97 Å². The van der Waals surface area contributed by atoms with E-state index in [1.807, 2.05) is 19.9 Å². The number of carboxylic acids is 1. The molecule has 2 N–H and O–H groups in total. The zero-order chi connectivity index (χ0) is 28.8. The summed E-state index contributed by atoms with van der Waals surface area (Å²) in [6.07, 6.45) is 6.33. The fourth-order valence-electron chi connectivity index (χ4n) is 5.18. The summed E-state index contributed by atoms with van der Waals surface area (Å²) in [6.45, 7) is 13.1. The second-order valence-corrected chi connectivity index (χ2v) is 12.3. The largest absolute Gasteiger partial charge is 0.489 e.